The molecule has 1 rings (SSSR count). The minimum atomic E-state index is -1.55. The van der Waals surface area contributed by atoms with E-state index < -0.39 is 30.5 Å². The second kappa shape index (κ2) is 10.8. The summed E-state index contributed by atoms with van der Waals surface area (Å²) in [6, 6.07) is 8.48. The lowest BCUT2D eigenvalue weighted by molar-refractivity contribution is -0.112. The van der Waals surface area contributed by atoms with Crippen LogP contribution in [0.5, 0.6) is 0 Å². The van der Waals surface area contributed by atoms with Gasteiger partial charge >= 0.3 is 0 Å². The van der Waals surface area contributed by atoms with Gasteiger partial charge in [0.1, 0.15) is 24.4 Å². The third-order valence-electron chi connectivity index (χ3n) is 3.78. The smallest absolute Gasteiger partial charge is 0.111 e. The Bertz CT molecular complexity index is 581. The predicted molar refractivity (Wildman–Crippen MR) is 98.8 cm³/mol. The Balaban J connectivity index is 3.15. The minimum absolute atomic E-state index is 0.411. The van der Waals surface area contributed by atoms with E-state index in [1.165, 1.54) is 6.92 Å². The van der Waals surface area contributed by atoms with Gasteiger partial charge in [-0.25, -0.2) is 0 Å². The van der Waals surface area contributed by atoms with Crippen LogP contribution in [0.2, 0.25) is 0 Å². The van der Waals surface area contributed by atoms with Crippen LogP contribution in [0.15, 0.2) is 55.6 Å². The third kappa shape index (κ3) is 6.46. The van der Waals surface area contributed by atoms with Gasteiger partial charge in [0.25, 0.3) is 0 Å². The lowest BCUT2D eigenvalue weighted by atomic mass is 9.97. The maximum atomic E-state index is 10.6. The van der Waals surface area contributed by atoms with Crippen LogP contribution in [0.3, 0.4) is 0 Å². The zero-order chi connectivity index (χ0) is 18.8. The van der Waals surface area contributed by atoms with Crippen LogP contribution in [0.4, 0.5) is 0 Å². The Morgan fingerprint density at radius 3 is 2.00 bits per heavy atom. The quantitative estimate of drug-likeness (QED) is 0.388. The maximum absolute atomic E-state index is 10.6. The van der Waals surface area contributed by atoms with Crippen molar-refractivity contribution in [2.45, 2.75) is 37.4 Å². The highest BCUT2D eigenvalue weighted by Crippen LogP contribution is 2.14. The molecule has 0 saturated carbocycles. The van der Waals surface area contributed by atoms with Crippen LogP contribution < -0.4 is 0 Å². The average molecular weight is 345 g/mol. The lowest BCUT2D eigenvalue weighted by Crippen LogP contribution is -2.53. The molecule has 1 aromatic rings. The summed E-state index contributed by atoms with van der Waals surface area (Å²) in [5.74, 6) is 5.93. The normalized spacial score (nSPS) is 16.9. The molecule has 5 atom stereocenters. The van der Waals surface area contributed by atoms with Crippen molar-refractivity contribution in [1.82, 2.24) is 4.90 Å². The molecule has 0 radical (unpaired) electrons. The Kier molecular flexibility index (Phi) is 9.14. The molecule has 5 heteroatoms. The summed E-state index contributed by atoms with van der Waals surface area (Å²) in [6.07, 6.45) is -2.28. The Morgan fingerprint density at radius 2 is 1.52 bits per heavy atom. The molecule has 4 N–H and O–H groups in total. The summed E-state index contributed by atoms with van der Waals surface area (Å²) < 4.78 is 0. The molecule has 0 heterocycles. The number of aliphatic hydroxyl groups is 4. The van der Waals surface area contributed by atoms with Gasteiger partial charge in [0, 0.05) is 18.7 Å². The van der Waals surface area contributed by atoms with E-state index in [0.29, 0.717) is 13.1 Å². The van der Waals surface area contributed by atoms with Gasteiger partial charge < -0.3 is 20.4 Å². The summed E-state index contributed by atoms with van der Waals surface area (Å²) >= 11 is 0. The first-order valence-corrected chi connectivity index (χ1v) is 8.17. The predicted octanol–water partition coefficient (Wildman–Crippen LogP) is 0.544. The first-order chi connectivity index (χ1) is 11.9. The third-order valence-corrected chi connectivity index (χ3v) is 3.78. The first-order valence-electron chi connectivity index (χ1n) is 8.17. The van der Waals surface area contributed by atoms with E-state index in [2.05, 4.69) is 25.0 Å². The summed E-state index contributed by atoms with van der Waals surface area (Å²) in [7, 11) is 0. The van der Waals surface area contributed by atoms with Crippen molar-refractivity contribution in [2.75, 3.05) is 13.1 Å². The molecular formula is C20H27NO4. The fourth-order valence-electron chi connectivity index (χ4n) is 2.38. The molecule has 1 aromatic carbocycles. The number of hydrogen-bond donors (Lipinski definition) is 4. The summed E-state index contributed by atoms with van der Waals surface area (Å²) in [5.41, 5.74) is 0.766. The van der Waals surface area contributed by atoms with Crippen molar-refractivity contribution >= 4 is 0 Å². The van der Waals surface area contributed by atoms with Gasteiger partial charge in [-0.1, -0.05) is 42.2 Å². The molecule has 0 aliphatic rings. The molecule has 0 aliphatic heterocycles. The molecule has 0 aliphatic carbocycles. The van der Waals surface area contributed by atoms with Crippen molar-refractivity contribution in [3.05, 3.63) is 61.2 Å². The van der Waals surface area contributed by atoms with Crippen LogP contribution in [-0.4, -0.2) is 68.9 Å². The van der Waals surface area contributed by atoms with E-state index in [4.69, 9.17) is 0 Å². The van der Waals surface area contributed by atoms with E-state index in [1.54, 1.807) is 17.1 Å². The standard InChI is InChI=1S/C20H27NO4/c1-4-13-21(14-5-2)17(12-11-16-9-7-6-8-10-16)19(24)20(25)18(23)15(3)22/h4-10,15,17-20,22-25H,1-2,13-14H2,3H3/t15-,17+,18+,19+,20+/m0/s1. The molecule has 0 saturated heterocycles. The SMILES string of the molecule is C=CCN(CC=C)[C@H](C#Cc1ccccc1)[C@@H](O)[C@H](O)[C@H](O)[C@H](C)O. The van der Waals surface area contributed by atoms with Gasteiger partial charge in [-0.05, 0) is 19.1 Å². The van der Waals surface area contributed by atoms with Crippen molar-refractivity contribution in [3.8, 4) is 11.8 Å². The molecule has 0 unspecified atom stereocenters. The highest BCUT2D eigenvalue weighted by molar-refractivity contribution is 5.35. The van der Waals surface area contributed by atoms with Crippen molar-refractivity contribution in [2.24, 2.45) is 0 Å². The highest BCUT2D eigenvalue weighted by atomic mass is 16.4. The number of nitrogens with zero attached hydrogens (tertiary/aromatic N) is 1. The second-order valence-corrected chi connectivity index (χ2v) is 5.82. The Morgan fingerprint density at radius 1 is 0.960 bits per heavy atom. The molecule has 5 nitrogen and oxygen atoms in total. The van der Waals surface area contributed by atoms with Crippen molar-refractivity contribution in [1.29, 1.82) is 0 Å². The van der Waals surface area contributed by atoms with Gasteiger partial charge in [-0.2, -0.15) is 0 Å². The number of hydrogen-bond acceptors (Lipinski definition) is 5. The van der Waals surface area contributed by atoms with E-state index in [0.717, 1.165) is 5.56 Å². The van der Waals surface area contributed by atoms with Gasteiger partial charge in [-0.3, -0.25) is 4.90 Å². The number of aliphatic hydroxyl groups excluding tert-OH is 4. The zero-order valence-electron chi connectivity index (χ0n) is 14.5. The summed E-state index contributed by atoms with van der Waals surface area (Å²) in [6.45, 7) is 9.55. The van der Waals surface area contributed by atoms with Crippen LogP contribution in [0.25, 0.3) is 0 Å². The first kappa shape index (κ1) is 21.1. The Labute approximate surface area is 149 Å². The molecular weight excluding hydrogens is 318 g/mol. The fourth-order valence-corrected chi connectivity index (χ4v) is 2.38. The molecule has 0 bridgehead atoms. The molecule has 0 amide bonds. The van der Waals surface area contributed by atoms with E-state index in [9.17, 15) is 20.4 Å². The number of benzene rings is 1. The van der Waals surface area contributed by atoms with Gasteiger partial charge in [0.2, 0.25) is 0 Å². The summed E-state index contributed by atoms with van der Waals surface area (Å²) in [5, 5.41) is 40.1. The van der Waals surface area contributed by atoms with Crippen LogP contribution in [-0.2, 0) is 0 Å². The van der Waals surface area contributed by atoms with Gasteiger partial charge in [0.15, 0.2) is 0 Å². The van der Waals surface area contributed by atoms with Crippen molar-refractivity contribution in [3.63, 3.8) is 0 Å². The van der Waals surface area contributed by atoms with Crippen LogP contribution in [0.1, 0.15) is 12.5 Å². The number of rotatable bonds is 9. The topological polar surface area (TPSA) is 84.2 Å². The monoisotopic (exact) mass is 345 g/mol. The second-order valence-electron chi connectivity index (χ2n) is 5.82. The van der Waals surface area contributed by atoms with Gasteiger partial charge in [0.05, 0.1) is 6.10 Å². The molecule has 136 valence electrons. The Hall–Kier alpha value is -1.94. The van der Waals surface area contributed by atoms with Crippen LogP contribution >= 0.6 is 0 Å². The molecule has 25 heavy (non-hydrogen) atoms. The zero-order valence-corrected chi connectivity index (χ0v) is 14.5. The minimum Gasteiger partial charge on any atom is -0.391 e. The lowest BCUT2D eigenvalue weighted by Gasteiger charge is -2.34. The fraction of sp³-hybridized carbons (Fsp3) is 0.400. The van der Waals surface area contributed by atoms with E-state index in [1.807, 2.05) is 30.3 Å². The highest BCUT2D eigenvalue weighted by Gasteiger charge is 2.35. The van der Waals surface area contributed by atoms with Crippen molar-refractivity contribution < 1.29 is 20.4 Å². The molecule has 0 spiro atoms. The molecule has 0 fully saturated rings. The van der Waals surface area contributed by atoms with E-state index >= 15 is 0 Å². The largest absolute Gasteiger partial charge is 0.391 e. The summed E-state index contributed by atoms with van der Waals surface area (Å²) in [4.78, 5) is 1.78. The van der Waals surface area contributed by atoms with Crippen LogP contribution in [0, 0.1) is 11.8 Å². The maximum Gasteiger partial charge on any atom is 0.111 e. The van der Waals surface area contributed by atoms with Gasteiger partial charge in [-0.15, -0.1) is 13.2 Å². The van der Waals surface area contributed by atoms with E-state index in [-0.39, 0.29) is 0 Å². The average Bonchev–Trinajstić information content (AvgIpc) is 2.61. The molecule has 0 aromatic heterocycles.